The van der Waals surface area contributed by atoms with E-state index in [2.05, 4.69) is 5.32 Å². The van der Waals surface area contributed by atoms with Gasteiger partial charge in [-0.15, -0.1) is 0 Å². The van der Waals surface area contributed by atoms with Crippen LogP contribution in [0.5, 0.6) is 0 Å². The van der Waals surface area contributed by atoms with Gasteiger partial charge in [0.1, 0.15) is 6.04 Å². The first-order valence-electron chi connectivity index (χ1n) is 12.5. The molecule has 2 rings (SSSR count). The van der Waals surface area contributed by atoms with Gasteiger partial charge in [-0.05, 0) is 70.2 Å². The third-order valence-corrected chi connectivity index (χ3v) is 7.13. The first kappa shape index (κ1) is 29.4. The quantitative estimate of drug-likeness (QED) is 0.460. The van der Waals surface area contributed by atoms with Gasteiger partial charge in [0.15, 0.2) is 0 Å². The van der Waals surface area contributed by atoms with E-state index >= 15 is 0 Å². The molecule has 198 valence electrons. The summed E-state index contributed by atoms with van der Waals surface area (Å²) in [5, 5.41) is 2.96. The predicted molar refractivity (Wildman–Crippen MR) is 146 cm³/mol. The maximum absolute atomic E-state index is 13.3. The highest BCUT2D eigenvalue weighted by molar-refractivity contribution is 7.92. The SMILES string of the molecule is CCc1ccc(N(CCCC(=O)N(CCc2ccccc2)[C@@H](C)C(=O)NC(C)(C)C)S(C)(=O)=O)cc1. The van der Waals surface area contributed by atoms with E-state index in [0.717, 1.165) is 17.5 Å². The van der Waals surface area contributed by atoms with Gasteiger partial charge >= 0.3 is 0 Å². The summed E-state index contributed by atoms with van der Waals surface area (Å²) in [4.78, 5) is 27.8. The third kappa shape index (κ3) is 9.30. The van der Waals surface area contributed by atoms with E-state index in [1.165, 1.54) is 10.6 Å². The second kappa shape index (κ2) is 12.9. The van der Waals surface area contributed by atoms with Crippen LogP contribution in [-0.2, 0) is 32.5 Å². The van der Waals surface area contributed by atoms with Gasteiger partial charge in [-0.3, -0.25) is 13.9 Å². The lowest BCUT2D eigenvalue weighted by atomic mass is 10.1. The third-order valence-electron chi connectivity index (χ3n) is 5.93. The van der Waals surface area contributed by atoms with Crippen molar-refractivity contribution in [3.63, 3.8) is 0 Å². The highest BCUT2D eigenvalue weighted by Gasteiger charge is 2.28. The van der Waals surface area contributed by atoms with Crippen LogP contribution in [-0.4, -0.2) is 56.1 Å². The number of hydrogen-bond acceptors (Lipinski definition) is 4. The molecule has 0 fully saturated rings. The summed E-state index contributed by atoms with van der Waals surface area (Å²) in [5.74, 6) is -0.380. The topological polar surface area (TPSA) is 86.8 Å². The first-order chi connectivity index (χ1) is 16.8. The van der Waals surface area contributed by atoms with Crippen LogP contribution >= 0.6 is 0 Å². The van der Waals surface area contributed by atoms with Gasteiger partial charge in [-0.1, -0.05) is 49.4 Å². The molecule has 2 aromatic rings. The van der Waals surface area contributed by atoms with Gasteiger partial charge in [0.2, 0.25) is 21.8 Å². The van der Waals surface area contributed by atoms with Gasteiger partial charge in [-0.25, -0.2) is 8.42 Å². The van der Waals surface area contributed by atoms with Crippen molar-refractivity contribution < 1.29 is 18.0 Å². The number of nitrogens with zero attached hydrogens (tertiary/aromatic N) is 2. The van der Waals surface area contributed by atoms with E-state index in [-0.39, 0.29) is 24.8 Å². The van der Waals surface area contributed by atoms with E-state index in [4.69, 9.17) is 0 Å². The number of benzene rings is 2. The van der Waals surface area contributed by atoms with Crippen LogP contribution in [0.25, 0.3) is 0 Å². The van der Waals surface area contributed by atoms with Crippen molar-refractivity contribution in [1.82, 2.24) is 10.2 Å². The van der Waals surface area contributed by atoms with Gasteiger partial charge in [0.05, 0.1) is 11.9 Å². The number of aryl methyl sites for hydroxylation is 1. The van der Waals surface area contributed by atoms with Crippen LogP contribution in [0, 0.1) is 0 Å². The van der Waals surface area contributed by atoms with Crippen molar-refractivity contribution in [1.29, 1.82) is 0 Å². The molecule has 0 spiro atoms. The Morgan fingerprint density at radius 1 is 0.944 bits per heavy atom. The Morgan fingerprint density at radius 3 is 2.08 bits per heavy atom. The van der Waals surface area contributed by atoms with Crippen molar-refractivity contribution >= 4 is 27.5 Å². The average Bonchev–Trinajstić information content (AvgIpc) is 2.80. The smallest absolute Gasteiger partial charge is 0.242 e. The minimum atomic E-state index is -3.51. The van der Waals surface area contributed by atoms with Crippen LogP contribution in [0.1, 0.15) is 58.6 Å². The summed E-state index contributed by atoms with van der Waals surface area (Å²) >= 11 is 0. The standard InChI is InChI=1S/C28H41N3O4S/c1-7-23-15-17-25(18-16-23)31(36(6,34)35)20-11-14-26(32)30(21-19-24-12-9-8-10-13-24)22(2)27(33)29-28(3,4)5/h8-10,12-13,15-18,22H,7,11,14,19-21H2,1-6H3,(H,29,33)/t22-/m0/s1. The molecule has 0 unspecified atom stereocenters. The lowest BCUT2D eigenvalue weighted by Crippen LogP contribution is -2.53. The number of nitrogens with one attached hydrogen (secondary N) is 1. The second-order valence-corrected chi connectivity index (χ2v) is 12.1. The fourth-order valence-electron chi connectivity index (χ4n) is 3.95. The minimum Gasteiger partial charge on any atom is -0.350 e. The van der Waals surface area contributed by atoms with Crippen LogP contribution < -0.4 is 9.62 Å². The van der Waals surface area contributed by atoms with E-state index in [1.807, 2.05) is 70.2 Å². The summed E-state index contributed by atoms with van der Waals surface area (Å²) in [7, 11) is -3.51. The summed E-state index contributed by atoms with van der Waals surface area (Å²) < 4.78 is 26.3. The Bertz CT molecular complexity index is 1090. The number of rotatable bonds is 12. The maximum Gasteiger partial charge on any atom is 0.242 e. The molecule has 0 aliphatic carbocycles. The predicted octanol–water partition coefficient (Wildman–Crippen LogP) is 4.17. The maximum atomic E-state index is 13.3. The highest BCUT2D eigenvalue weighted by atomic mass is 32.2. The summed E-state index contributed by atoms with van der Waals surface area (Å²) in [6, 6.07) is 16.6. The van der Waals surface area contributed by atoms with Gasteiger partial charge in [-0.2, -0.15) is 0 Å². The second-order valence-electron chi connectivity index (χ2n) is 10.2. The highest BCUT2D eigenvalue weighted by Crippen LogP contribution is 2.20. The molecule has 2 amide bonds. The Balaban J connectivity index is 2.12. The molecule has 0 aliphatic rings. The molecule has 1 N–H and O–H groups in total. The van der Waals surface area contributed by atoms with E-state index in [0.29, 0.717) is 25.1 Å². The Labute approximate surface area is 216 Å². The molecule has 36 heavy (non-hydrogen) atoms. The fourth-order valence-corrected chi connectivity index (χ4v) is 4.91. The summed E-state index contributed by atoms with van der Waals surface area (Å²) in [6.45, 7) is 10.1. The minimum absolute atomic E-state index is 0.140. The number of carbonyl (C=O) groups excluding carboxylic acids is 2. The van der Waals surface area contributed by atoms with E-state index in [9.17, 15) is 18.0 Å². The lowest BCUT2D eigenvalue weighted by Gasteiger charge is -2.32. The molecule has 0 aliphatic heterocycles. The zero-order valence-corrected chi connectivity index (χ0v) is 23.3. The fraction of sp³-hybridized carbons (Fsp3) is 0.500. The molecule has 0 radical (unpaired) electrons. The van der Waals surface area contributed by atoms with Crippen molar-refractivity contribution in [2.24, 2.45) is 0 Å². The number of carbonyl (C=O) groups is 2. The summed E-state index contributed by atoms with van der Waals surface area (Å²) in [5.41, 5.74) is 2.38. The van der Waals surface area contributed by atoms with Gasteiger partial charge < -0.3 is 10.2 Å². The molecule has 0 heterocycles. The van der Waals surface area contributed by atoms with Crippen molar-refractivity contribution in [2.75, 3.05) is 23.7 Å². The van der Waals surface area contributed by atoms with Gasteiger partial charge in [0, 0.05) is 25.0 Å². The number of hydrogen-bond donors (Lipinski definition) is 1. The Morgan fingerprint density at radius 2 is 1.56 bits per heavy atom. The van der Waals surface area contributed by atoms with Crippen LogP contribution in [0.15, 0.2) is 54.6 Å². The first-order valence-corrected chi connectivity index (χ1v) is 14.4. The number of sulfonamides is 1. The Kier molecular flexibility index (Phi) is 10.5. The zero-order chi connectivity index (χ0) is 26.9. The van der Waals surface area contributed by atoms with Crippen molar-refractivity contribution in [3.05, 3.63) is 65.7 Å². The zero-order valence-electron chi connectivity index (χ0n) is 22.5. The van der Waals surface area contributed by atoms with Crippen LogP contribution in [0.4, 0.5) is 5.69 Å². The molecule has 7 nitrogen and oxygen atoms in total. The normalized spacial score (nSPS) is 12.6. The number of amides is 2. The van der Waals surface area contributed by atoms with E-state index < -0.39 is 21.6 Å². The molecule has 0 aromatic heterocycles. The molecular weight excluding hydrogens is 474 g/mol. The largest absolute Gasteiger partial charge is 0.350 e. The molecular formula is C28H41N3O4S. The molecule has 2 aromatic carbocycles. The van der Waals surface area contributed by atoms with Crippen LogP contribution in [0.3, 0.4) is 0 Å². The molecule has 1 atom stereocenters. The molecule has 0 saturated heterocycles. The van der Waals surface area contributed by atoms with Crippen LogP contribution in [0.2, 0.25) is 0 Å². The molecule has 0 bridgehead atoms. The molecule has 8 heteroatoms. The number of anilines is 1. The van der Waals surface area contributed by atoms with Crippen molar-refractivity contribution in [3.8, 4) is 0 Å². The monoisotopic (exact) mass is 515 g/mol. The Hall–Kier alpha value is -2.87. The average molecular weight is 516 g/mol. The lowest BCUT2D eigenvalue weighted by molar-refractivity contribution is -0.140. The van der Waals surface area contributed by atoms with Crippen molar-refractivity contribution in [2.45, 2.75) is 71.9 Å². The summed E-state index contributed by atoms with van der Waals surface area (Å²) in [6.07, 6.45) is 3.15. The van der Waals surface area contributed by atoms with E-state index in [1.54, 1.807) is 24.0 Å². The van der Waals surface area contributed by atoms with Gasteiger partial charge in [0.25, 0.3) is 0 Å². The molecule has 0 saturated carbocycles.